The molecule has 0 bridgehead atoms. The minimum absolute atomic E-state index is 0.350. The molecule has 0 amide bonds. The lowest BCUT2D eigenvalue weighted by atomic mass is 9.97. The van der Waals surface area contributed by atoms with Gasteiger partial charge in [-0.05, 0) is 5.41 Å². The summed E-state index contributed by atoms with van der Waals surface area (Å²) < 4.78 is 1.83. The minimum atomic E-state index is 0.350. The third-order valence-electron chi connectivity index (χ3n) is 1.64. The Balaban J connectivity index is 2.09. The summed E-state index contributed by atoms with van der Waals surface area (Å²) in [6.45, 7) is 9.51. The predicted molar refractivity (Wildman–Crippen MR) is 52.3 cm³/mol. The molecule has 4 heteroatoms. The van der Waals surface area contributed by atoms with Gasteiger partial charge in [0.25, 0.3) is 0 Å². The molecule has 0 fully saturated rings. The fourth-order valence-corrected chi connectivity index (χ4v) is 1.01. The maximum Gasteiger partial charge on any atom is 0.137 e. The smallest absolute Gasteiger partial charge is 0.137 e. The monoisotopic (exact) mass is 182 g/mol. The van der Waals surface area contributed by atoms with Gasteiger partial charge in [-0.2, -0.15) is 5.10 Å². The van der Waals surface area contributed by atoms with Crippen molar-refractivity contribution in [2.24, 2.45) is 5.41 Å². The van der Waals surface area contributed by atoms with Crippen LogP contribution in [-0.2, 0) is 6.54 Å². The molecule has 0 aliphatic rings. The van der Waals surface area contributed by atoms with Gasteiger partial charge in [0.1, 0.15) is 12.7 Å². The molecular weight excluding hydrogens is 164 g/mol. The lowest BCUT2D eigenvalue weighted by Gasteiger charge is -2.18. The Morgan fingerprint density at radius 3 is 2.69 bits per heavy atom. The summed E-state index contributed by atoms with van der Waals surface area (Å²) in [7, 11) is 0. The summed E-state index contributed by atoms with van der Waals surface area (Å²) in [6, 6.07) is 0. The van der Waals surface area contributed by atoms with Gasteiger partial charge in [0, 0.05) is 13.1 Å². The van der Waals surface area contributed by atoms with E-state index in [4.69, 9.17) is 0 Å². The average molecular weight is 182 g/mol. The fraction of sp³-hybridized carbons (Fsp3) is 0.778. The lowest BCUT2D eigenvalue weighted by Crippen LogP contribution is -2.29. The number of nitrogens with one attached hydrogen (secondary N) is 1. The van der Waals surface area contributed by atoms with E-state index in [0.29, 0.717) is 5.41 Å². The molecule has 13 heavy (non-hydrogen) atoms. The van der Waals surface area contributed by atoms with E-state index in [1.165, 1.54) is 0 Å². The van der Waals surface area contributed by atoms with Gasteiger partial charge in [0.2, 0.25) is 0 Å². The second-order valence-electron chi connectivity index (χ2n) is 4.40. The molecule has 4 nitrogen and oxygen atoms in total. The van der Waals surface area contributed by atoms with Gasteiger partial charge in [-0.3, -0.25) is 4.68 Å². The number of hydrogen-bond acceptors (Lipinski definition) is 3. The quantitative estimate of drug-likeness (QED) is 0.704. The molecule has 1 rings (SSSR count). The van der Waals surface area contributed by atoms with E-state index in [1.807, 2.05) is 4.68 Å². The third-order valence-corrected chi connectivity index (χ3v) is 1.64. The maximum atomic E-state index is 4.02. The Hall–Kier alpha value is -0.900. The number of hydrogen-bond donors (Lipinski definition) is 1. The Morgan fingerprint density at radius 2 is 2.15 bits per heavy atom. The van der Waals surface area contributed by atoms with Gasteiger partial charge in [0.05, 0.1) is 6.54 Å². The highest BCUT2D eigenvalue weighted by Crippen LogP contribution is 2.09. The minimum Gasteiger partial charge on any atom is -0.314 e. The van der Waals surface area contributed by atoms with Crippen LogP contribution in [0.15, 0.2) is 12.7 Å². The molecule has 0 aliphatic heterocycles. The summed E-state index contributed by atoms with van der Waals surface area (Å²) in [5.74, 6) is 0. The van der Waals surface area contributed by atoms with Crippen LogP contribution in [0.3, 0.4) is 0 Å². The maximum absolute atomic E-state index is 4.02. The molecule has 0 aliphatic carbocycles. The first kappa shape index (κ1) is 10.2. The van der Waals surface area contributed by atoms with Crippen molar-refractivity contribution in [1.82, 2.24) is 20.1 Å². The molecule has 0 unspecified atom stereocenters. The fourth-order valence-electron chi connectivity index (χ4n) is 1.01. The molecule has 0 saturated heterocycles. The molecular formula is C9H18N4. The van der Waals surface area contributed by atoms with Crippen molar-refractivity contribution in [3.05, 3.63) is 12.7 Å². The van der Waals surface area contributed by atoms with E-state index in [-0.39, 0.29) is 0 Å². The van der Waals surface area contributed by atoms with Crippen molar-refractivity contribution < 1.29 is 0 Å². The van der Waals surface area contributed by atoms with Crippen molar-refractivity contribution in [2.45, 2.75) is 27.3 Å². The van der Waals surface area contributed by atoms with Gasteiger partial charge in [-0.1, -0.05) is 20.8 Å². The summed E-state index contributed by atoms with van der Waals surface area (Å²) in [5, 5.41) is 7.39. The molecule has 1 aromatic heterocycles. The summed E-state index contributed by atoms with van der Waals surface area (Å²) in [5.41, 5.74) is 0.350. The van der Waals surface area contributed by atoms with Crippen molar-refractivity contribution in [3.8, 4) is 0 Å². The molecule has 0 spiro atoms. The summed E-state index contributed by atoms with van der Waals surface area (Å²) >= 11 is 0. The molecule has 0 atom stereocenters. The van der Waals surface area contributed by atoms with E-state index in [0.717, 1.165) is 19.6 Å². The highest BCUT2D eigenvalue weighted by molar-refractivity contribution is 4.65. The highest BCUT2D eigenvalue weighted by Gasteiger charge is 2.08. The van der Waals surface area contributed by atoms with Crippen molar-refractivity contribution in [1.29, 1.82) is 0 Å². The first-order valence-electron chi connectivity index (χ1n) is 4.61. The second kappa shape index (κ2) is 4.37. The van der Waals surface area contributed by atoms with Gasteiger partial charge in [-0.15, -0.1) is 0 Å². The van der Waals surface area contributed by atoms with Gasteiger partial charge >= 0.3 is 0 Å². The molecule has 0 saturated carbocycles. The zero-order valence-electron chi connectivity index (χ0n) is 8.62. The van der Waals surface area contributed by atoms with Crippen LogP contribution in [0, 0.1) is 5.41 Å². The lowest BCUT2D eigenvalue weighted by molar-refractivity contribution is 0.373. The van der Waals surface area contributed by atoms with Gasteiger partial charge < -0.3 is 5.32 Å². The number of aromatic nitrogens is 3. The normalized spacial score (nSPS) is 11.9. The van der Waals surface area contributed by atoms with E-state index >= 15 is 0 Å². The van der Waals surface area contributed by atoms with E-state index in [1.54, 1.807) is 12.7 Å². The number of rotatable bonds is 4. The SMILES string of the molecule is CC(C)(C)CNCCn1cncn1. The zero-order valence-corrected chi connectivity index (χ0v) is 8.62. The Morgan fingerprint density at radius 1 is 1.38 bits per heavy atom. The molecule has 1 heterocycles. The van der Waals surface area contributed by atoms with Gasteiger partial charge in [-0.25, -0.2) is 4.98 Å². The van der Waals surface area contributed by atoms with E-state index in [2.05, 4.69) is 36.2 Å². The van der Waals surface area contributed by atoms with Crippen LogP contribution in [0.25, 0.3) is 0 Å². The summed E-state index contributed by atoms with van der Waals surface area (Å²) in [6.07, 6.45) is 3.29. The van der Waals surface area contributed by atoms with E-state index in [9.17, 15) is 0 Å². The zero-order chi connectivity index (χ0) is 9.73. The van der Waals surface area contributed by atoms with Crippen LogP contribution in [0.2, 0.25) is 0 Å². The Kier molecular flexibility index (Phi) is 3.42. The Bertz CT molecular complexity index is 222. The van der Waals surface area contributed by atoms with Gasteiger partial charge in [0.15, 0.2) is 0 Å². The summed E-state index contributed by atoms with van der Waals surface area (Å²) in [4.78, 5) is 3.87. The van der Waals surface area contributed by atoms with Crippen molar-refractivity contribution in [3.63, 3.8) is 0 Å². The van der Waals surface area contributed by atoms with Crippen LogP contribution in [-0.4, -0.2) is 27.9 Å². The molecule has 0 radical (unpaired) electrons. The highest BCUT2D eigenvalue weighted by atomic mass is 15.3. The third kappa shape index (κ3) is 4.62. The molecule has 1 N–H and O–H groups in total. The first-order chi connectivity index (χ1) is 6.08. The largest absolute Gasteiger partial charge is 0.314 e. The van der Waals surface area contributed by atoms with Crippen molar-refractivity contribution in [2.75, 3.05) is 13.1 Å². The van der Waals surface area contributed by atoms with Crippen molar-refractivity contribution >= 4 is 0 Å². The van der Waals surface area contributed by atoms with E-state index < -0.39 is 0 Å². The van der Waals surface area contributed by atoms with Crippen LogP contribution in [0.4, 0.5) is 0 Å². The van der Waals surface area contributed by atoms with Crippen LogP contribution in [0.5, 0.6) is 0 Å². The molecule has 1 aromatic rings. The number of nitrogens with zero attached hydrogens (tertiary/aromatic N) is 3. The topological polar surface area (TPSA) is 42.7 Å². The van der Waals surface area contributed by atoms with Crippen LogP contribution in [0.1, 0.15) is 20.8 Å². The predicted octanol–water partition coefficient (Wildman–Crippen LogP) is 0.914. The van der Waals surface area contributed by atoms with Crippen LogP contribution < -0.4 is 5.32 Å². The standard InChI is InChI=1S/C9H18N4/c1-9(2,3)6-10-4-5-13-8-11-7-12-13/h7-8,10H,4-6H2,1-3H3. The molecule has 0 aromatic carbocycles. The second-order valence-corrected chi connectivity index (χ2v) is 4.40. The molecule has 74 valence electrons. The average Bonchev–Trinajstić information content (AvgIpc) is 2.48. The first-order valence-corrected chi connectivity index (χ1v) is 4.61. The Labute approximate surface area is 79.4 Å². The van der Waals surface area contributed by atoms with Crippen LogP contribution >= 0.6 is 0 Å².